The summed E-state index contributed by atoms with van der Waals surface area (Å²) in [5.74, 6) is -0.155. The van der Waals surface area contributed by atoms with Crippen LogP contribution in [0.1, 0.15) is 10.4 Å². The van der Waals surface area contributed by atoms with Crippen molar-refractivity contribution in [3.05, 3.63) is 29.0 Å². The fourth-order valence-corrected chi connectivity index (χ4v) is 1.58. The van der Waals surface area contributed by atoms with Gasteiger partial charge in [-0.05, 0) is 12.1 Å². The Hall–Kier alpha value is -1.06. The van der Waals surface area contributed by atoms with Gasteiger partial charge in [0.15, 0.2) is 5.78 Å². The molecular weight excluding hydrogens is 223 g/mol. The average molecular weight is 229 g/mol. The van der Waals surface area contributed by atoms with Crippen LogP contribution in [0.2, 0.25) is 5.15 Å². The molecule has 5 heteroatoms. The first-order chi connectivity index (χ1) is 6.72. The molecule has 0 amide bonds. The Morgan fingerprint density at radius 1 is 1.50 bits per heavy atom. The van der Waals surface area contributed by atoms with Crippen molar-refractivity contribution >= 4 is 40.0 Å². The second-order valence-electron chi connectivity index (χ2n) is 2.79. The molecule has 0 atom stereocenters. The topological polar surface area (TPSA) is 45.8 Å². The van der Waals surface area contributed by atoms with E-state index in [1.807, 2.05) is 0 Å². The number of alkyl halides is 1. The molecule has 0 fully saturated rings. The van der Waals surface area contributed by atoms with Crippen LogP contribution in [0.25, 0.3) is 11.0 Å². The summed E-state index contributed by atoms with van der Waals surface area (Å²) < 4.78 is 0. The minimum Gasteiger partial charge on any atom is -0.345 e. The van der Waals surface area contributed by atoms with Crippen molar-refractivity contribution in [3.8, 4) is 0 Å². The summed E-state index contributed by atoms with van der Waals surface area (Å²) >= 11 is 11.2. The predicted molar refractivity (Wildman–Crippen MR) is 56.2 cm³/mol. The number of hydrogen-bond acceptors (Lipinski definition) is 2. The fraction of sp³-hybridized carbons (Fsp3) is 0.111. The maximum absolute atomic E-state index is 11.4. The highest BCUT2D eigenvalue weighted by molar-refractivity contribution is 6.32. The second kappa shape index (κ2) is 3.59. The standard InChI is InChI=1S/C9H6Cl2N2O/c10-3-7(14)6-4-12-9-5(6)1-2-8(11)13-9/h1-2,4H,3H2,(H,12,13). The number of carbonyl (C=O) groups is 1. The third-order valence-corrected chi connectivity index (χ3v) is 2.38. The van der Waals surface area contributed by atoms with E-state index < -0.39 is 0 Å². The number of aromatic nitrogens is 2. The molecule has 2 heterocycles. The van der Waals surface area contributed by atoms with Crippen molar-refractivity contribution in [3.63, 3.8) is 0 Å². The van der Waals surface area contributed by atoms with E-state index >= 15 is 0 Å². The molecule has 2 aromatic rings. The number of nitrogens with zero attached hydrogens (tertiary/aromatic N) is 1. The first-order valence-corrected chi connectivity index (χ1v) is 4.86. The lowest BCUT2D eigenvalue weighted by molar-refractivity contribution is 0.102. The van der Waals surface area contributed by atoms with E-state index in [4.69, 9.17) is 23.2 Å². The van der Waals surface area contributed by atoms with Gasteiger partial charge in [0.2, 0.25) is 0 Å². The molecule has 3 nitrogen and oxygen atoms in total. The molecule has 0 aliphatic rings. The number of ketones is 1. The zero-order valence-electron chi connectivity index (χ0n) is 7.05. The molecule has 0 saturated carbocycles. The van der Waals surface area contributed by atoms with E-state index in [2.05, 4.69) is 9.97 Å². The molecule has 14 heavy (non-hydrogen) atoms. The molecule has 0 radical (unpaired) electrons. The Bertz CT molecular complexity index is 493. The summed E-state index contributed by atoms with van der Waals surface area (Å²) in [6.45, 7) is 0. The number of rotatable bonds is 2. The van der Waals surface area contributed by atoms with E-state index in [0.717, 1.165) is 5.39 Å². The van der Waals surface area contributed by atoms with Crippen LogP contribution in [0, 0.1) is 0 Å². The van der Waals surface area contributed by atoms with Crippen LogP contribution in [-0.4, -0.2) is 21.6 Å². The first-order valence-electron chi connectivity index (χ1n) is 3.95. The molecule has 0 bridgehead atoms. The Balaban J connectivity index is 2.64. The molecule has 0 aromatic carbocycles. The Morgan fingerprint density at radius 2 is 2.29 bits per heavy atom. The lowest BCUT2D eigenvalue weighted by atomic mass is 10.1. The molecule has 0 saturated heterocycles. The minimum atomic E-state index is -0.123. The van der Waals surface area contributed by atoms with E-state index in [-0.39, 0.29) is 11.7 Å². The number of aromatic amines is 1. The van der Waals surface area contributed by atoms with Gasteiger partial charge < -0.3 is 4.98 Å². The van der Waals surface area contributed by atoms with Crippen molar-refractivity contribution in [2.45, 2.75) is 0 Å². The van der Waals surface area contributed by atoms with Gasteiger partial charge in [-0.15, -0.1) is 11.6 Å². The van der Waals surface area contributed by atoms with Gasteiger partial charge in [0.1, 0.15) is 10.8 Å². The zero-order valence-corrected chi connectivity index (χ0v) is 8.56. The molecule has 0 aliphatic carbocycles. The number of nitrogens with one attached hydrogen (secondary N) is 1. The van der Waals surface area contributed by atoms with Crippen LogP contribution in [0.4, 0.5) is 0 Å². The molecule has 2 aromatic heterocycles. The van der Waals surface area contributed by atoms with Crippen molar-refractivity contribution in [1.29, 1.82) is 0 Å². The average Bonchev–Trinajstić information content (AvgIpc) is 2.59. The van der Waals surface area contributed by atoms with E-state index in [1.54, 1.807) is 18.3 Å². The SMILES string of the molecule is O=C(CCl)c1c[nH]c2nc(Cl)ccc12. The predicted octanol–water partition coefficient (Wildman–Crippen LogP) is 2.64. The first kappa shape index (κ1) is 9.49. The maximum Gasteiger partial charge on any atom is 0.179 e. The van der Waals surface area contributed by atoms with E-state index in [0.29, 0.717) is 16.4 Å². The highest BCUT2D eigenvalue weighted by Gasteiger charge is 2.11. The van der Waals surface area contributed by atoms with Gasteiger partial charge in [-0.1, -0.05) is 11.6 Å². The number of Topliss-reactive ketones (excluding diaryl/α,β-unsaturated/α-hetero) is 1. The van der Waals surface area contributed by atoms with E-state index in [1.165, 1.54) is 0 Å². The normalized spacial score (nSPS) is 10.7. The van der Waals surface area contributed by atoms with Crippen molar-refractivity contribution < 1.29 is 4.79 Å². The van der Waals surface area contributed by atoms with Crippen LogP contribution in [0.3, 0.4) is 0 Å². The minimum absolute atomic E-state index is 0.0322. The van der Waals surface area contributed by atoms with Crippen LogP contribution < -0.4 is 0 Å². The number of pyridine rings is 1. The monoisotopic (exact) mass is 228 g/mol. The molecule has 1 N–H and O–H groups in total. The Labute approximate surface area is 90.0 Å². The third kappa shape index (κ3) is 1.49. The third-order valence-electron chi connectivity index (χ3n) is 1.93. The summed E-state index contributed by atoms with van der Waals surface area (Å²) in [4.78, 5) is 18.3. The van der Waals surface area contributed by atoms with Gasteiger partial charge in [-0.3, -0.25) is 4.79 Å². The smallest absolute Gasteiger partial charge is 0.179 e. The Morgan fingerprint density at radius 3 is 3.00 bits per heavy atom. The quantitative estimate of drug-likeness (QED) is 0.488. The number of H-pyrrole nitrogens is 1. The van der Waals surface area contributed by atoms with Gasteiger partial charge in [-0.25, -0.2) is 4.98 Å². The van der Waals surface area contributed by atoms with Crippen LogP contribution in [0.5, 0.6) is 0 Å². The lowest BCUT2D eigenvalue weighted by Gasteiger charge is -1.93. The lowest BCUT2D eigenvalue weighted by Crippen LogP contribution is -1.98. The van der Waals surface area contributed by atoms with Crippen molar-refractivity contribution in [2.75, 3.05) is 5.88 Å². The molecule has 2 rings (SSSR count). The highest BCUT2D eigenvalue weighted by atomic mass is 35.5. The largest absolute Gasteiger partial charge is 0.345 e. The summed E-state index contributed by atoms with van der Waals surface area (Å²) in [5, 5.41) is 1.14. The highest BCUT2D eigenvalue weighted by Crippen LogP contribution is 2.19. The molecule has 0 unspecified atom stereocenters. The van der Waals surface area contributed by atoms with E-state index in [9.17, 15) is 4.79 Å². The maximum atomic E-state index is 11.4. The van der Waals surface area contributed by atoms with Gasteiger partial charge in [-0.2, -0.15) is 0 Å². The molecule has 72 valence electrons. The van der Waals surface area contributed by atoms with Crippen molar-refractivity contribution in [2.24, 2.45) is 0 Å². The zero-order chi connectivity index (χ0) is 10.1. The Kier molecular flexibility index (Phi) is 2.44. The summed E-state index contributed by atoms with van der Waals surface area (Å²) in [5.41, 5.74) is 1.16. The number of carbonyl (C=O) groups excluding carboxylic acids is 1. The van der Waals surface area contributed by atoms with Crippen molar-refractivity contribution in [1.82, 2.24) is 9.97 Å². The molecule has 0 spiro atoms. The number of hydrogen-bond donors (Lipinski definition) is 1. The second-order valence-corrected chi connectivity index (χ2v) is 3.44. The molecular formula is C9H6Cl2N2O. The van der Waals surface area contributed by atoms with Crippen LogP contribution in [-0.2, 0) is 0 Å². The number of fused-ring (bicyclic) bond motifs is 1. The van der Waals surface area contributed by atoms with Gasteiger partial charge >= 0.3 is 0 Å². The van der Waals surface area contributed by atoms with Crippen LogP contribution in [0.15, 0.2) is 18.3 Å². The fourth-order valence-electron chi connectivity index (χ4n) is 1.28. The molecule has 0 aliphatic heterocycles. The van der Waals surface area contributed by atoms with Gasteiger partial charge in [0.25, 0.3) is 0 Å². The summed E-state index contributed by atoms with van der Waals surface area (Å²) in [6.07, 6.45) is 1.60. The van der Waals surface area contributed by atoms with Crippen LogP contribution >= 0.6 is 23.2 Å². The summed E-state index contributed by atoms with van der Waals surface area (Å²) in [6, 6.07) is 3.39. The van der Waals surface area contributed by atoms with Gasteiger partial charge in [0, 0.05) is 17.1 Å². The summed E-state index contributed by atoms with van der Waals surface area (Å²) in [7, 11) is 0. The van der Waals surface area contributed by atoms with Gasteiger partial charge in [0.05, 0.1) is 5.88 Å². The number of halogens is 2.